The molecule has 0 fully saturated rings. The topological polar surface area (TPSA) is 63.2 Å². The maximum atomic E-state index is 12.7. The molecule has 1 aliphatic rings. The highest BCUT2D eigenvalue weighted by molar-refractivity contribution is 6.33. The number of carbonyl (C=O) groups excluding carboxylic acids is 2. The lowest BCUT2D eigenvalue weighted by atomic mass is 10.1. The number of alkyl halides is 3. The number of aromatic nitrogens is 2. The van der Waals surface area contributed by atoms with E-state index in [9.17, 15) is 22.8 Å². The molecule has 0 saturated heterocycles. The highest BCUT2D eigenvalue weighted by Crippen LogP contribution is 2.32. The number of amides is 2. The third-order valence-electron chi connectivity index (χ3n) is 4.48. The maximum absolute atomic E-state index is 12.7. The molecule has 2 aromatic heterocycles. The Hall–Kier alpha value is -3.26. The molecule has 0 aliphatic carbocycles. The average Bonchev–Trinajstić information content (AvgIpc) is 3.01. The molecular formula is C22H17ClF3N3O2. The van der Waals surface area contributed by atoms with Crippen LogP contribution < -0.4 is 0 Å². The van der Waals surface area contributed by atoms with Crippen LogP contribution in [0.25, 0.3) is 11.1 Å². The predicted octanol–water partition coefficient (Wildman–Crippen LogP) is 5.64. The van der Waals surface area contributed by atoms with Crippen molar-refractivity contribution in [3.05, 3.63) is 82.4 Å². The van der Waals surface area contributed by atoms with Crippen molar-refractivity contribution < 1.29 is 22.8 Å². The van der Waals surface area contributed by atoms with Gasteiger partial charge in [-0.3, -0.25) is 24.5 Å². The molecule has 3 heterocycles. The minimum absolute atomic E-state index is 0.0927. The highest BCUT2D eigenvalue weighted by Gasteiger charge is 2.35. The lowest BCUT2D eigenvalue weighted by molar-refractivity contribution is -0.141. The number of hydrogen-bond acceptors (Lipinski definition) is 4. The highest BCUT2D eigenvalue weighted by atomic mass is 35.5. The van der Waals surface area contributed by atoms with Gasteiger partial charge >= 0.3 is 6.18 Å². The minimum atomic E-state index is -4.54. The van der Waals surface area contributed by atoms with E-state index in [1.54, 1.807) is 24.3 Å². The Morgan fingerprint density at radius 1 is 0.903 bits per heavy atom. The Morgan fingerprint density at radius 2 is 1.52 bits per heavy atom. The summed E-state index contributed by atoms with van der Waals surface area (Å²) in [5.74, 6) is -0.861. The van der Waals surface area contributed by atoms with E-state index >= 15 is 0 Å². The molecule has 4 rings (SSSR count). The van der Waals surface area contributed by atoms with Crippen molar-refractivity contribution >= 4 is 23.4 Å². The number of rotatable bonds is 3. The molecule has 9 heteroatoms. The summed E-state index contributed by atoms with van der Waals surface area (Å²) in [6.45, 7) is 3.91. The van der Waals surface area contributed by atoms with E-state index in [1.165, 1.54) is 18.3 Å². The molecule has 0 saturated carbocycles. The lowest BCUT2D eigenvalue weighted by Gasteiger charge is -2.14. The maximum Gasteiger partial charge on any atom is 0.433 e. The number of fused-ring (bicyclic) bond motifs is 1. The Bertz CT molecular complexity index is 1100. The van der Waals surface area contributed by atoms with Crippen LogP contribution >= 0.6 is 11.6 Å². The molecule has 31 heavy (non-hydrogen) atoms. The number of benzene rings is 1. The van der Waals surface area contributed by atoms with Gasteiger partial charge in [-0.1, -0.05) is 43.6 Å². The van der Waals surface area contributed by atoms with Gasteiger partial charge < -0.3 is 0 Å². The molecule has 0 spiro atoms. The van der Waals surface area contributed by atoms with Gasteiger partial charge in [0.15, 0.2) is 0 Å². The van der Waals surface area contributed by atoms with E-state index in [-0.39, 0.29) is 11.6 Å². The molecular weight excluding hydrogens is 431 g/mol. The first kappa shape index (κ1) is 22.4. The Morgan fingerprint density at radius 3 is 2.03 bits per heavy atom. The summed E-state index contributed by atoms with van der Waals surface area (Å²) in [6.07, 6.45) is -2.16. The summed E-state index contributed by atoms with van der Waals surface area (Å²) in [4.78, 5) is 33.6. The van der Waals surface area contributed by atoms with E-state index in [2.05, 4.69) is 9.97 Å². The van der Waals surface area contributed by atoms with E-state index in [0.29, 0.717) is 27.9 Å². The fraction of sp³-hybridized carbons (Fsp3) is 0.182. The van der Waals surface area contributed by atoms with Crippen molar-refractivity contribution in [1.82, 2.24) is 14.9 Å². The third-order valence-corrected chi connectivity index (χ3v) is 4.78. The Kier molecular flexibility index (Phi) is 6.40. The second kappa shape index (κ2) is 8.85. The van der Waals surface area contributed by atoms with Crippen LogP contribution in [-0.4, -0.2) is 26.7 Å². The van der Waals surface area contributed by atoms with Crippen LogP contribution in [0.1, 0.15) is 46.0 Å². The van der Waals surface area contributed by atoms with Gasteiger partial charge in [0.25, 0.3) is 11.8 Å². The summed E-state index contributed by atoms with van der Waals surface area (Å²) in [7, 11) is 0. The zero-order valence-corrected chi connectivity index (χ0v) is 17.3. The molecule has 0 radical (unpaired) electrons. The molecule has 3 aromatic rings. The fourth-order valence-corrected chi connectivity index (χ4v) is 3.27. The van der Waals surface area contributed by atoms with E-state index in [1.807, 2.05) is 13.8 Å². The second-order valence-corrected chi connectivity index (χ2v) is 6.73. The summed E-state index contributed by atoms with van der Waals surface area (Å²) in [5, 5.41) is 0.206. The van der Waals surface area contributed by atoms with Crippen LogP contribution in [-0.2, 0) is 12.7 Å². The summed E-state index contributed by atoms with van der Waals surface area (Å²) >= 11 is 6.15. The average molecular weight is 448 g/mol. The molecule has 1 aromatic carbocycles. The normalized spacial score (nSPS) is 13.0. The first-order chi connectivity index (χ1) is 14.8. The number of nitrogens with zero attached hydrogens (tertiary/aromatic N) is 3. The standard InChI is InChI=1S/C20H11ClF3N3O2.C2H6/c21-16-9-25-12(7-15(16)11-5-6-17(26-8-11)20(22,23)24)10-27-18(28)13-3-1-2-4-14(13)19(27)29;1-2/h1-9H,10H2;1-2H3. The Balaban J connectivity index is 0.00000132. The van der Waals surface area contributed by atoms with Gasteiger partial charge in [0.05, 0.1) is 28.4 Å². The third kappa shape index (κ3) is 4.44. The number of halogens is 4. The first-order valence-corrected chi connectivity index (χ1v) is 9.77. The molecule has 1 aliphatic heterocycles. The van der Waals surface area contributed by atoms with Crippen LogP contribution in [0.2, 0.25) is 5.02 Å². The van der Waals surface area contributed by atoms with Crippen LogP contribution in [0.15, 0.2) is 54.9 Å². The lowest BCUT2D eigenvalue weighted by Crippen LogP contribution is -2.29. The largest absolute Gasteiger partial charge is 0.433 e. The van der Waals surface area contributed by atoms with Gasteiger partial charge in [0.2, 0.25) is 0 Å². The van der Waals surface area contributed by atoms with E-state index in [0.717, 1.165) is 17.2 Å². The first-order valence-electron chi connectivity index (χ1n) is 9.39. The summed E-state index contributed by atoms with van der Waals surface area (Å²) in [6, 6.07) is 10.1. The monoisotopic (exact) mass is 447 g/mol. The van der Waals surface area contributed by atoms with Crippen LogP contribution in [0, 0.1) is 0 Å². The van der Waals surface area contributed by atoms with E-state index < -0.39 is 23.7 Å². The molecule has 5 nitrogen and oxygen atoms in total. The van der Waals surface area contributed by atoms with Gasteiger partial charge in [0.1, 0.15) is 5.69 Å². The van der Waals surface area contributed by atoms with Crippen molar-refractivity contribution in [1.29, 1.82) is 0 Å². The van der Waals surface area contributed by atoms with Gasteiger partial charge in [0, 0.05) is 23.5 Å². The van der Waals surface area contributed by atoms with Crippen molar-refractivity contribution in [2.45, 2.75) is 26.6 Å². The molecule has 0 bridgehead atoms. The fourth-order valence-electron chi connectivity index (χ4n) is 3.06. The minimum Gasteiger partial charge on any atom is -0.269 e. The summed E-state index contributed by atoms with van der Waals surface area (Å²) in [5.41, 5.74) is 0.734. The van der Waals surface area contributed by atoms with Gasteiger partial charge in [-0.15, -0.1) is 0 Å². The molecule has 0 N–H and O–H groups in total. The Labute approximate surface area is 181 Å². The van der Waals surface area contributed by atoms with Crippen molar-refractivity contribution in [3.8, 4) is 11.1 Å². The van der Waals surface area contributed by atoms with Crippen molar-refractivity contribution in [3.63, 3.8) is 0 Å². The van der Waals surface area contributed by atoms with Crippen LogP contribution in [0.5, 0.6) is 0 Å². The quantitative estimate of drug-likeness (QED) is 0.487. The molecule has 160 valence electrons. The van der Waals surface area contributed by atoms with Crippen LogP contribution in [0.4, 0.5) is 13.2 Å². The smallest absolute Gasteiger partial charge is 0.269 e. The van der Waals surface area contributed by atoms with Crippen molar-refractivity contribution in [2.75, 3.05) is 0 Å². The summed E-state index contributed by atoms with van der Waals surface area (Å²) < 4.78 is 38.1. The number of hydrogen-bond donors (Lipinski definition) is 0. The van der Waals surface area contributed by atoms with Gasteiger partial charge in [-0.05, 0) is 24.3 Å². The van der Waals surface area contributed by atoms with Crippen LogP contribution in [0.3, 0.4) is 0 Å². The number of pyridine rings is 2. The van der Waals surface area contributed by atoms with E-state index in [4.69, 9.17) is 11.6 Å². The van der Waals surface area contributed by atoms with Gasteiger partial charge in [-0.25, -0.2) is 0 Å². The molecule has 2 amide bonds. The molecule has 0 unspecified atom stereocenters. The molecule has 0 atom stereocenters. The zero-order valence-electron chi connectivity index (χ0n) is 16.6. The number of carbonyl (C=O) groups is 2. The SMILES string of the molecule is CC.O=C1c2ccccc2C(=O)N1Cc1cc(-c2ccc(C(F)(F)F)nc2)c(Cl)cn1. The van der Waals surface area contributed by atoms with Crippen molar-refractivity contribution in [2.24, 2.45) is 0 Å². The zero-order chi connectivity index (χ0) is 22.8. The second-order valence-electron chi connectivity index (χ2n) is 6.33. The predicted molar refractivity (Wildman–Crippen MR) is 109 cm³/mol. The van der Waals surface area contributed by atoms with Gasteiger partial charge in [-0.2, -0.15) is 13.2 Å². The number of imide groups is 1.